The molecule has 2 aromatic rings. The molecule has 0 spiro atoms. The van der Waals surface area contributed by atoms with Gasteiger partial charge in [-0.15, -0.1) is 0 Å². The molecule has 1 heterocycles. The van der Waals surface area contributed by atoms with Crippen LogP contribution in [0.1, 0.15) is 43.5 Å². The van der Waals surface area contributed by atoms with Crippen LogP contribution in [-0.4, -0.2) is 47.9 Å². The van der Waals surface area contributed by atoms with Crippen molar-refractivity contribution in [3.63, 3.8) is 0 Å². The molecule has 5 nitrogen and oxygen atoms in total. The number of likely N-dealkylation sites (N-methyl/N-ethyl adjacent to an activating group) is 1. The Morgan fingerprint density at radius 1 is 1.28 bits per heavy atom. The molecule has 2 atom stereocenters. The van der Waals surface area contributed by atoms with E-state index in [0.717, 1.165) is 11.1 Å². The third-order valence-corrected chi connectivity index (χ3v) is 5.43. The smallest absolute Gasteiger partial charge is 0.263 e. The van der Waals surface area contributed by atoms with Crippen LogP contribution in [0.5, 0.6) is 5.75 Å². The van der Waals surface area contributed by atoms with E-state index in [1.165, 1.54) is 19.1 Å². The number of carbonyl (C=O) groups excluding carboxylic acids is 2. The van der Waals surface area contributed by atoms with Crippen molar-refractivity contribution in [2.24, 2.45) is 0 Å². The maximum atomic E-state index is 13.9. The van der Waals surface area contributed by atoms with E-state index in [4.69, 9.17) is 4.74 Å². The zero-order chi connectivity index (χ0) is 21.1. The Hall–Kier alpha value is -2.89. The minimum atomic E-state index is -0.627. The largest absolute Gasteiger partial charge is 0.481 e. The van der Waals surface area contributed by atoms with Crippen LogP contribution in [0.15, 0.2) is 42.5 Å². The van der Waals surface area contributed by atoms with Gasteiger partial charge in [-0.2, -0.15) is 0 Å². The van der Waals surface area contributed by atoms with Crippen molar-refractivity contribution in [1.29, 1.82) is 0 Å². The molecule has 0 bridgehead atoms. The summed E-state index contributed by atoms with van der Waals surface area (Å²) in [6, 6.07) is 11.6. The Balaban J connectivity index is 1.98. The molecule has 0 radical (unpaired) electrons. The van der Waals surface area contributed by atoms with Gasteiger partial charge < -0.3 is 14.5 Å². The quantitative estimate of drug-likeness (QED) is 0.774. The van der Waals surface area contributed by atoms with Crippen molar-refractivity contribution in [2.45, 2.75) is 39.3 Å². The summed E-state index contributed by atoms with van der Waals surface area (Å²) < 4.78 is 19.8. The summed E-state index contributed by atoms with van der Waals surface area (Å²) in [7, 11) is 1.74. The number of hydrogen-bond donors (Lipinski definition) is 0. The molecular formula is C23H27FN2O3. The van der Waals surface area contributed by atoms with Crippen molar-refractivity contribution in [1.82, 2.24) is 9.80 Å². The number of halogens is 1. The van der Waals surface area contributed by atoms with E-state index in [9.17, 15) is 14.0 Å². The molecule has 2 amide bonds. The van der Waals surface area contributed by atoms with Gasteiger partial charge in [-0.1, -0.05) is 18.2 Å². The van der Waals surface area contributed by atoms with Crippen LogP contribution >= 0.6 is 0 Å². The fraction of sp³-hybridized carbons (Fsp3) is 0.391. The number of ether oxygens (including phenoxy) is 1. The summed E-state index contributed by atoms with van der Waals surface area (Å²) in [6.07, 6.45) is 0.0896. The fourth-order valence-corrected chi connectivity index (χ4v) is 3.76. The summed E-state index contributed by atoms with van der Waals surface area (Å²) in [4.78, 5) is 28.0. The number of amides is 2. The van der Waals surface area contributed by atoms with Crippen molar-refractivity contribution in [3.8, 4) is 5.75 Å². The second-order valence-electron chi connectivity index (χ2n) is 7.39. The lowest BCUT2D eigenvalue weighted by atomic mass is 9.88. The van der Waals surface area contributed by atoms with Gasteiger partial charge in [0.25, 0.3) is 5.91 Å². The average Bonchev–Trinajstić information content (AvgIpc) is 2.71. The molecule has 29 heavy (non-hydrogen) atoms. The van der Waals surface area contributed by atoms with Crippen LogP contribution < -0.4 is 4.74 Å². The fourth-order valence-electron chi connectivity index (χ4n) is 3.76. The molecule has 6 heteroatoms. The SMILES string of the molecule is CCN(C)C(=O)C(C)Oc1ccc2c(c1)C(c1cccc(F)c1)N(C(C)=O)CC2. The number of carbonyl (C=O) groups is 2. The first kappa shape index (κ1) is 20.8. The molecule has 2 unspecified atom stereocenters. The highest BCUT2D eigenvalue weighted by Crippen LogP contribution is 2.37. The van der Waals surface area contributed by atoms with E-state index < -0.39 is 6.10 Å². The van der Waals surface area contributed by atoms with E-state index in [2.05, 4.69) is 0 Å². The van der Waals surface area contributed by atoms with Gasteiger partial charge in [0.1, 0.15) is 11.6 Å². The van der Waals surface area contributed by atoms with Crippen molar-refractivity contribution in [2.75, 3.05) is 20.1 Å². The minimum Gasteiger partial charge on any atom is -0.481 e. The van der Waals surface area contributed by atoms with Crippen molar-refractivity contribution >= 4 is 11.8 Å². The van der Waals surface area contributed by atoms with E-state index in [1.54, 1.807) is 29.8 Å². The molecule has 1 aliphatic heterocycles. The Kier molecular flexibility index (Phi) is 6.20. The Morgan fingerprint density at radius 2 is 2.03 bits per heavy atom. The van der Waals surface area contributed by atoms with Gasteiger partial charge in [0.15, 0.2) is 6.10 Å². The van der Waals surface area contributed by atoms with Gasteiger partial charge in [-0.3, -0.25) is 9.59 Å². The molecule has 0 saturated heterocycles. The molecule has 154 valence electrons. The Morgan fingerprint density at radius 3 is 2.69 bits per heavy atom. The first-order valence-corrected chi connectivity index (χ1v) is 9.89. The topological polar surface area (TPSA) is 49.9 Å². The van der Waals surface area contributed by atoms with Gasteiger partial charge in [0.05, 0.1) is 6.04 Å². The number of benzene rings is 2. The van der Waals surface area contributed by atoms with E-state index in [0.29, 0.717) is 30.8 Å². The van der Waals surface area contributed by atoms with Crippen molar-refractivity contribution in [3.05, 3.63) is 65.0 Å². The van der Waals surface area contributed by atoms with E-state index in [-0.39, 0.29) is 23.7 Å². The van der Waals surface area contributed by atoms with Crippen LogP contribution in [0.25, 0.3) is 0 Å². The molecule has 0 saturated carbocycles. The molecule has 3 rings (SSSR count). The first-order chi connectivity index (χ1) is 13.8. The molecule has 1 aliphatic rings. The first-order valence-electron chi connectivity index (χ1n) is 9.89. The normalized spacial score (nSPS) is 16.7. The van der Waals surface area contributed by atoms with Crippen LogP contribution in [0.3, 0.4) is 0 Å². The second kappa shape index (κ2) is 8.64. The summed E-state index contributed by atoms with van der Waals surface area (Å²) in [5.41, 5.74) is 2.71. The molecule has 0 aromatic heterocycles. The van der Waals surface area contributed by atoms with Crippen LogP contribution in [0.4, 0.5) is 4.39 Å². The predicted octanol–water partition coefficient (Wildman–Crippen LogP) is 3.57. The van der Waals surface area contributed by atoms with Gasteiger partial charge in [0.2, 0.25) is 5.91 Å². The van der Waals surface area contributed by atoms with Gasteiger partial charge in [-0.25, -0.2) is 4.39 Å². The Bertz CT molecular complexity index is 915. The van der Waals surface area contributed by atoms with Gasteiger partial charge in [0, 0.05) is 27.1 Å². The lowest BCUT2D eigenvalue weighted by molar-refractivity contribution is -0.136. The monoisotopic (exact) mass is 398 g/mol. The molecule has 0 aliphatic carbocycles. The predicted molar refractivity (Wildman–Crippen MR) is 109 cm³/mol. The lowest BCUT2D eigenvalue weighted by Gasteiger charge is -2.37. The summed E-state index contributed by atoms with van der Waals surface area (Å²) >= 11 is 0. The summed E-state index contributed by atoms with van der Waals surface area (Å²) in [5.74, 6) is 0.0508. The van der Waals surface area contributed by atoms with Gasteiger partial charge in [-0.05, 0) is 61.2 Å². The molecular weight excluding hydrogens is 371 g/mol. The van der Waals surface area contributed by atoms with Gasteiger partial charge >= 0.3 is 0 Å². The standard InChI is InChI=1S/C23H27FN2O3/c1-5-25(4)23(28)15(2)29-20-10-9-17-11-12-26(16(3)27)22(21(17)14-20)18-7-6-8-19(24)13-18/h6-10,13-15,22H,5,11-12H2,1-4H3. The summed E-state index contributed by atoms with van der Waals surface area (Å²) in [5, 5.41) is 0. The summed E-state index contributed by atoms with van der Waals surface area (Å²) in [6.45, 7) is 6.33. The third-order valence-electron chi connectivity index (χ3n) is 5.43. The van der Waals surface area contributed by atoms with E-state index >= 15 is 0 Å². The highest BCUT2D eigenvalue weighted by atomic mass is 19.1. The highest BCUT2D eigenvalue weighted by Gasteiger charge is 2.31. The minimum absolute atomic E-state index is 0.0654. The third kappa shape index (κ3) is 4.42. The van der Waals surface area contributed by atoms with E-state index in [1.807, 2.05) is 31.2 Å². The number of nitrogens with zero attached hydrogens (tertiary/aromatic N) is 2. The lowest BCUT2D eigenvalue weighted by Crippen LogP contribution is -2.39. The van der Waals surface area contributed by atoms with Crippen molar-refractivity contribution < 1.29 is 18.7 Å². The maximum Gasteiger partial charge on any atom is 0.263 e. The number of hydrogen-bond acceptors (Lipinski definition) is 3. The molecule has 0 N–H and O–H groups in total. The maximum absolute atomic E-state index is 13.9. The number of fused-ring (bicyclic) bond motifs is 1. The zero-order valence-corrected chi connectivity index (χ0v) is 17.3. The van der Waals surface area contributed by atoms with Crippen LogP contribution in [0.2, 0.25) is 0 Å². The number of rotatable bonds is 5. The second-order valence-corrected chi connectivity index (χ2v) is 7.39. The Labute approximate surface area is 171 Å². The molecule has 0 fully saturated rings. The highest BCUT2D eigenvalue weighted by molar-refractivity contribution is 5.80. The molecule has 2 aromatic carbocycles. The zero-order valence-electron chi connectivity index (χ0n) is 17.3. The van der Waals surface area contributed by atoms with Crippen LogP contribution in [-0.2, 0) is 16.0 Å². The van der Waals surface area contributed by atoms with Crippen LogP contribution in [0, 0.1) is 5.82 Å². The average molecular weight is 398 g/mol.